The monoisotopic (exact) mass is 352 g/mol. The summed E-state index contributed by atoms with van der Waals surface area (Å²) in [6, 6.07) is 15.3. The van der Waals surface area contributed by atoms with Gasteiger partial charge in [0.25, 0.3) is 0 Å². The van der Waals surface area contributed by atoms with Crippen LogP contribution in [0.25, 0.3) is 0 Å². The van der Waals surface area contributed by atoms with Gasteiger partial charge in [0.05, 0.1) is 17.3 Å². The molecule has 0 aliphatic rings. The van der Waals surface area contributed by atoms with Crippen LogP contribution in [-0.2, 0) is 11.3 Å². The van der Waals surface area contributed by atoms with Gasteiger partial charge in [-0.15, -0.1) is 0 Å². The number of hydrogen-bond acceptors (Lipinski definition) is 2. The van der Waals surface area contributed by atoms with Crippen molar-refractivity contribution in [3.63, 3.8) is 0 Å². The van der Waals surface area contributed by atoms with Crippen LogP contribution in [0.2, 0.25) is 5.02 Å². The molecule has 0 saturated carbocycles. The zero-order valence-electron chi connectivity index (χ0n) is 10.7. The van der Waals surface area contributed by atoms with Gasteiger partial charge in [-0.1, -0.05) is 57.9 Å². The topological polar surface area (TPSA) is 41.1 Å². The van der Waals surface area contributed by atoms with Crippen LogP contribution in [0.1, 0.15) is 5.56 Å². The van der Waals surface area contributed by atoms with Gasteiger partial charge in [-0.2, -0.15) is 0 Å². The highest BCUT2D eigenvalue weighted by Crippen LogP contribution is 2.25. The van der Waals surface area contributed by atoms with Crippen LogP contribution in [-0.4, -0.2) is 12.5 Å². The second-order valence-corrected chi connectivity index (χ2v) is 5.56. The van der Waals surface area contributed by atoms with Gasteiger partial charge in [-0.05, 0) is 23.8 Å². The first kappa shape index (κ1) is 14.9. The third-order valence-electron chi connectivity index (χ3n) is 2.70. The average Bonchev–Trinajstić information content (AvgIpc) is 2.45. The number of anilines is 1. The lowest BCUT2D eigenvalue weighted by atomic mass is 10.2. The molecule has 0 heterocycles. The van der Waals surface area contributed by atoms with Crippen molar-refractivity contribution in [2.45, 2.75) is 6.54 Å². The lowest BCUT2D eigenvalue weighted by molar-refractivity contribution is -0.119. The highest BCUT2D eigenvalue weighted by Gasteiger charge is 2.04. The molecule has 0 saturated heterocycles. The first-order valence-electron chi connectivity index (χ1n) is 6.15. The third-order valence-corrected chi connectivity index (χ3v) is 3.51. The maximum atomic E-state index is 11.7. The quantitative estimate of drug-likeness (QED) is 0.857. The second-order valence-electron chi connectivity index (χ2n) is 4.24. The van der Waals surface area contributed by atoms with E-state index in [1.165, 1.54) is 0 Å². The fourth-order valence-electron chi connectivity index (χ4n) is 1.67. The molecular formula is C15H14BrClN2O. The summed E-state index contributed by atoms with van der Waals surface area (Å²) in [4.78, 5) is 11.7. The predicted molar refractivity (Wildman–Crippen MR) is 85.9 cm³/mol. The summed E-state index contributed by atoms with van der Waals surface area (Å²) in [6.07, 6.45) is 0. The molecule has 0 unspecified atom stereocenters. The molecule has 0 aliphatic carbocycles. The Hall–Kier alpha value is -1.52. The molecule has 2 aromatic carbocycles. The largest absolute Gasteiger partial charge is 0.375 e. The summed E-state index contributed by atoms with van der Waals surface area (Å²) in [6.45, 7) is 0.712. The molecule has 0 aromatic heterocycles. The molecule has 3 nitrogen and oxygen atoms in total. The van der Waals surface area contributed by atoms with Crippen LogP contribution in [0.4, 0.5) is 5.69 Å². The first-order chi connectivity index (χ1) is 9.65. The van der Waals surface area contributed by atoms with Crippen molar-refractivity contribution in [3.05, 3.63) is 63.6 Å². The number of rotatable bonds is 5. The maximum absolute atomic E-state index is 11.7. The van der Waals surface area contributed by atoms with Crippen molar-refractivity contribution < 1.29 is 4.79 Å². The van der Waals surface area contributed by atoms with E-state index in [1.807, 2.05) is 42.5 Å². The zero-order chi connectivity index (χ0) is 14.4. The molecule has 0 bridgehead atoms. The highest BCUT2D eigenvalue weighted by atomic mass is 79.9. The van der Waals surface area contributed by atoms with E-state index in [9.17, 15) is 4.79 Å². The number of carbonyl (C=O) groups is 1. The Balaban J connectivity index is 1.80. The molecule has 2 N–H and O–H groups in total. The number of carbonyl (C=O) groups excluding carboxylic acids is 1. The molecule has 20 heavy (non-hydrogen) atoms. The lowest BCUT2D eigenvalue weighted by Crippen LogP contribution is -2.29. The molecule has 104 valence electrons. The summed E-state index contributed by atoms with van der Waals surface area (Å²) >= 11 is 9.40. The van der Waals surface area contributed by atoms with Gasteiger partial charge in [0, 0.05) is 11.0 Å². The zero-order valence-corrected chi connectivity index (χ0v) is 13.0. The van der Waals surface area contributed by atoms with Gasteiger partial charge in [0.15, 0.2) is 0 Å². The predicted octanol–water partition coefficient (Wildman–Crippen LogP) is 3.83. The average molecular weight is 354 g/mol. The Bertz CT molecular complexity index is 590. The fraction of sp³-hybridized carbons (Fsp3) is 0.133. The van der Waals surface area contributed by atoms with Crippen molar-refractivity contribution in [3.8, 4) is 0 Å². The first-order valence-corrected chi connectivity index (χ1v) is 7.32. The van der Waals surface area contributed by atoms with Crippen molar-refractivity contribution in [1.82, 2.24) is 5.32 Å². The molecular weight excluding hydrogens is 340 g/mol. The molecule has 2 rings (SSSR count). The second kappa shape index (κ2) is 7.31. The van der Waals surface area contributed by atoms with Crippen LogP contribution in [0.15, 0.2) is 53.0 Å². The van der Waals surface area contributed by atoms with Crippen LogP contribution in [0.3, 0.4) is 0 Å². The molecule has 5 heteroatoms. The van der Waals surface area contributed by atoms with E-state index in [1.54, 1.807) is 6.07 Å². The number of amides is 1. The van der Waals surface area contributed by atoms with Crippen molar-refractivity contribution in [2.75, 3.05) is 11.9 Å². The van der Waals surface area contributed by atoms with E-state index in [2.05, 4.69) is 26.6 Å². The van der Waals surface area contributed by atoms with Gasteiger partial charge in [0.1, 0.15) is 0 Å². The van der Waals surface area contributed by atoms with E-state index in [4.69, 9.17) is 11.6 Å². The Morgan fingerprint density at radius 2 is 1.90 bits per heavy atom. The van der Waals surface area contributed by atoms with E-state index < -0.39 is 0 Å². The summed E-state index contributed by atoms with van der Waals surface area (Å²) in [5, 5.41) is 6.44. The van der Waals surface area contributed by atoms with E-state index in [0.29, 0.717) is 11.6 Å². The minimum atomic E-state index is -0.0761. The molecule has 0 fully saturated rings. The molecule has 1 amide bonds. The Morgan fingerprint density at radius 1 is 1.15 bits per heavy atom. The van der Waals surface area contributed by atoms with Gasteiger partial charge < -0.3 is 10.6 Å². The van der Waals surface area contributed by atoms with Gasteiger partial charge >= 0.3 is 0 Å². The Kier molecular flexibility index (Phi) is 5.44. The van der Waals surface area contributed by atoms with Gasteiger partial charge in [-0.25, -0.2) is 0 Å². The van der Waals surface area contributed by atoms with Crippen LogP contribution >= 0.6 is 27.5 Å². The van der Waals surface area contributed by atoms with E-state index in [-0.39, 0.29) is 12.5 Å². The number of hydrogen-bond donors (Lipinski definition) is 2. The third kappa shape index (κ3) is 4.54. The highest BCUT2D eigenvalue weighted by molar-refractivity contribution is 9.10. The summed E-state index contributed by atoms with van der Waals surface area (Å²) < 4.78 is 0.904. The summed E-state index contributed by atoms with van der Waals surface area (Å²) in [5.41, 5.74) is 1.81. The minimum Gasteiger partial charge on any atom is -0.375 e. The Labute approximate surface area is 131 Å². The Morgan fingerprint density at radius 3 is 2.60 bits per heavy atom. The summed E-state index contributed by atoms with van der Waals surface area (Å²) in [5.74, 6) is -0.0761. The van der Waals surface area contributed by atoms with E-state index in [0.717, 1.165) is 15.7 Å². The van der Waals surface area contributed by atoms with E-state index >= 15 is 0 Å². The SMILES string of the molecule is O=C(CNc1ccc(Br)cc1Cl)NCc1ccccc1. The minimum absolute atomic E-state index is 0.0761. The maximum Gasteiger partial charge on any atom is 0.239 e. The number of halogens is 2. The molecule has 0 atom stereocenters. The van der Waals surface area contributed by atoms with Crippen molar-refractivity contribution in [1.29, 1.82) is 0 Å². The van der Waals surface area contributed by atoms with Gasteiger partial charge in [-0.3, -0.25) is 4.79 Å². The van der Waals surface area contributed by atoms with Gasteiger partial charge in [0.2, 0.25) is 5.91 Å². The molecule has 2 aromatic rings. The number of nitrogens with one attached hydrogen (secondary N) is 2. The van der Waals surface area contributed by atoms with Crippen LogP contribution in [0, 0.1) is 0 Å². The summed E-state index contributed by atoms with van der Waals surface area (Å²) in [7, 11) is 0. The standard InChI is InChI=1S/C15H14BrClN2O/c16-12-6-7-14(13(17)8-12)18-10-15(20)19-9-11-4-2-1-3-5-11/h1-8,18H,9-10H2,(H,19,20). The van der Waals surface area contributed by atoms with Crippen molar-refractivity contribution in [2.24, 2.45) is 0 Å². The number of benzene rings is 2. The molecule has 0 aliphatic heterocycles. The molecule has 0 spiro atoms. The van der Waals surface area contributed by atoms with Crippen LogP contribution < -0.4 is 10.6 Å². The fourth-order valence-corrected chi connectivity index (χ4v) is 2.41. The van der Waals surface area contributed by atoms with Crippen LogP contribution in [0.5, 0.6) is 0 Å². The normalized spacial score (nSPS) is 10.1. The lowest BCUT2D eigenvalue weighted by Gasteiger charge is -2.09. The molecule has 0 radical (unpaired) electrons. The van der Waals surface area contributed by atoms with Crippen molar-refractivity contribution >= 4 is 39.1 Å². The smallest absolute Gasteiger partial charge is 0.239 e.